The van der Waals surface area contributed by atoms with Crippen LogP contribution < -0.4 is 0 Å². The van der Waals surface area contributed by atoms with Gasteiger partial charge in [-0.05, 0) is 0 Å². The van der Waals surface area contributed by atoms with Crippen molar-refractivity contribution in [2.24, 2.45) is 0 Å². The van der Waals surface area contributed by atoms with Crippen LogP contribution in [0.15, 0.2) is 0 Å². The molecule has 50 heavy (non-hydrogen) atoms. The summed E-state index contributed by atoms with van der Waals surface area (Å²) in [5.41, 5.74) is 0. The maximum atomic E-state index is 8.55. The van der Waals surface area contributed by atoms with E-state index < -0.39 is 42.8 Å². The van der Waals surface area contributed by atoms with Crippen molar-refractivity contribution in [3.63, 3.8) is 0 Å². The Kier molecular flexibility index (Phi) is 12.7. The van der Waals surface area contributed by atoms with Crippen LogP contribution in [0.4, 0.5) is 0 Å². The van der Waals surface area contributed by atoms with E-state index in [1.165, 1.54) is 0 Å². The lowest BCUT2D eigenvalue weighted by Gasteiger charge is -2.70. The van der Waals surface area contributed by atoms with Gasteiger partial charge in [-0.25, -0.2) is 0 Å². The first-order valence-corrected chi connectivity index (χ1v) is 28.6. The molecule has 1 fully saturated rings. The monoisotopic (exact) mass is 791 g/mol. The zero-order chi connectivity index (χ0) is 41.0. The summed E-state index contributed by atoms with van der Waals surface area (Å²) in [6.07, 6.45) is 0. The van der Waals surface area contributed by atoms with Gasteiger partial charge in [-0.1, -0.05) is 208 Å². The van der Waals surface area contributed by atoms with E-state index in [1.807, 2.05) is 0 Å². The molecular weight excluding hydrogens is 701 g/mol. The smallest absolute Gasteiger partial charge is 0.331 e. The number of hydrogen-bond acceptors (Lipinski definition) is 5. The zero-order valence-electron chi connectivity index (χ0n) is 39.5. The molecule has 1 saturated heterocycles. The van der Waals surface area contributed by atoms with E-state index in [4.69, 9.17) is 20.6 Å². The zero-order valence-corrected chi connectivity index (χ0v) is 44.5. The molecule has 5 nitrogen and oxygen atoms in total. The molecule has 1 rings (SSSR count). The molecule has 0 amide bonds. The molecule has 0 bridgehead atoms. The van der Waals surface area contributed by atoms with E-state index in [9.17, 15) is 0 Å². The summed E-state index contributed by atoms with van der Waals surface area (Å²) in [5, 5.41) is -3.30. The molecule has 0 N–H and O–H groups in total. The first kappa shape index (κ1) is 48.9. The van der Waals surface area contributed by atoms with Crippen LogP contribution in [0.5, 0.6) is 0 Å². The molecular formula is C40H90O5Si5. The van der Waals surface area contributed by atoms with E-state index in [2.05, 4.69) is 208 Å². The van der Waals surface area contributed by atoms with Gasteiger partial charge in [0.2, 0.25) is 0 Å². The number of rotatable bonds is 0. The van der Waals surface area contributed by atoms with E-state index in [-0.39, 0.29) is 50.4 Å². The lowest BCUT2D eigenvalue weighted by Crippen LogP contribution is -2.82. The Bertz CT molecular complexity index is 879. The van der Waals surface area contributed by atoms with Gasteiger partial charge in [-0.15, -0.1) is 0 Å². The standard InChI is InChI=1S/C40H90O5Si5/c1-31(2,3)46(32(4,5)6)41-47(33(7,8)9,34(10,11)12)43-49(37(19,20)21,38(22,23)24)45-50(39(25,26)27,40(28,29)30)44-48(42-46,35(13,14)15)36(16,17)18/h1-30H3. The minimum Gasteiger partial charge on any atom is -0.414 e. The molecule has 0 aromatic carbocycles. The molecule has 1 aliphatic rings. The minimum absolute atomic E-state index is 0.330. The highest BCUT2D eigenvalue weighted by molar-refractivity contribution is 7.00. The highest BCUT2D eigenvalue weighted by Crippen LogP contribution is 2.70. The van der Waals surface area contributed by atoms with Crippen LogP contribution >= 0.6 is 0 Å². The van der Waals surface area contributed by atoms with Crippen molar-refractivity contribution in [2.75, 3.05) is 0 Å². The van der Waals surface area contributed by atoms with Gasteiger partial charge in [0.1, 0.15) is 0 Å². The van der Waals surface area contributed by atoms with Crippen LogP contribution in [0.2, 0.25) is 50.4 Å². The average Bonchev–Trinajstić information content (AvgIpc) is 2.72. The van der Waals surface area contributed by atoms with Crippen molar-refractivity contribution in [3.05, 3.63) is 0 Å². The summed E-state index contributed by atoms with van der Waals surface area (Å²) in [5.74, 6) is 0. The van der Waals surface area contributed by atoms with E-state index in [1.54, 1.807) is 0 Å². The molecule has 0 saturated carbocycles. The average molecular weight is 792 g/mol. The van der Waals surface area contributed by atoms with E-state index >= 15 is 0 Å². The Hall–Kier alpha value is 0.884. The van der Waals surface area contributed by atoms with Gasteiger partial charge < -0.3 is 20.6 Å². The fourth-order valence-corrected chi connectivity index (χ4v) is 56.4. The summed E-state index contributed by atoms with van der Waals surface area (Å²) in [6, 6.07) is 0. The summed E-state index contributed by atoms with van der Waals surface area (Å²) >= 11 is 0. The van der Waals surface area contributed by atoms with Gasteiger partial charge in [-0.2, -0.15) is 0 Å². The van der Waals surface area contributed by atoms with Crippen LogP contribution in [-0.4, -0.2) is 42.8 Å². The summed E-state index contributed by atoms with van der Waals surface area (Å²) in [7, 11) is -17.2. The molecule has 0 aromatic rings. The minimum atomic E-state index is -3.43. The fraction of sp³-hybridized carbons (Fsp3) is 1.00. The van der Waals surface area contributed by atoms with Crippen molar-refractivity contribution in [2.45, 2.75) is 258 Å². The van der Waals surface area contributed by atoms with E-state index in [0.29, 0.717) is 0 Å². The molecule has 1 aliphatic heterocycles. The van der Waals surface area contributed by atoms with Crippen LogP contribution in [0.1, 0.15) is 208 Å². The lowest BCUT2D eigenvalue weighted by atomic mass is 10.2. The van der Waals surface area contributed by atoms with Gasteiger partial charge in [0.25, 0.3) is 0 Å². The molecule has 300 valence electrons. The topological polar surface area (TPSA) is 46.2 Å². The molecule has 0 aromatic heterocycles. The van der Waals surface area contributed by atoms with Gasteiger partial charge in [0.15, 0.2) is 0 Å². The normalized spacial score (nSPS) is 23.4. The Morgan fingerprint density at radius 3 is 0.260 bits per heavy atom. The van der Waals surface area contributed by atoms with Gasteiger partial charge in [0.05, 0.1) is 0 Å². The Morgan fingerprint density at radius 2 is 0.220 bits per heavy atom. The maximum Gasteiger partial charge on any atom is 0.331 e. The summed E-state index contributed by atoms with van der Waals surface area (Å²) in [4.78, 5) is 0. The molecule has 0 radical (unpaired) electrons. The van der Waals surface area contributed by atoms with Crippen molar-refractivity contribution in [1.82, 2.24) is 0 Å². The largest absolute Gasteiger partial charge is 0.414 e. The van der Waals surface area contributed by atoms with Crippen LogP contribution in [0, 0.1) is 0 Å². The predicted molar refractivity (Wildman–Crippen MR) is 231 cm³/mol. The highest BCUT2D eigenvalue weighted by Gasteiger charge is 2.80. The summed E-state index contributed by atoms with van der Waals surface area (Å²) in [6.45, 7) is 71.2. The Balaban J connectivity index is 5.40. The first-order valence-electron chi connectivity index (χ1n) is 19.5. The Labute approximate surface area is 320 Å². The third kappa shape index (κ3) is 7.67. The van der Waals surface area contributed by atoms with Gasteiger partial charge in [-0.3, -0.25) is 0 Å². The maximum absolute atomic E-state index is 8.55. The van der Waals surface area contributed by atoms with Crippen LogP contribution in [-0.2, 0) is 20.6 Å². The van der Waals surface area contributed by atoms with Crippen molar-refractivity contribution >= 4 is 42.8 Å². The SMILES string of the molecule is CC(C)(C)[Si]1(C(C)(C)C)O[Si](C(C)(C)C)(C(C)(C)C)O[Si](C(C)(C)C)(C(C)(C)C)O[Si](C(C)(C)C)(C(C)(C)C)O[Si](C(C)(C)C)(C(C)(C)C)O1. The predicted octanol–water partition coefficient (Wildman–Crippen LogP) is 15.3. The molecule has 0 spiro atoms. The molecule has 1 heterocycles. The van der Waals surface area contributed by atoms with Crippen LogP contribution in [0.3, 0.4) is 0 Å². The van der Waals surface area contributed by atoms with Crippen molar-refractivity contribution in [1.29, 1.82) is 0 Å². The molecule has 0 aliphatic carbocycles. The number of hydrogen-bond donors (Lipinski definition) is 0. The van der Waals surface area contributed by atoms with Crippen molar-refractivity contribution < 1.29 is 20.6 Å². The van der Waals surface area contributed by atoms with Gasteiger partial charge in [0, 0.05) is 50.4 Å². The molecule has 0 unspecified atom stereocenters. The fourth-order valence-electron chi connectivity index (χ4n) is 9.80. The van der Waals surface area contributed by atoms with Crippen LogP contribution in [0.25, 0.3) is 0 Å². The highest BCUT2D eigenvalue weighted by atomic mass is 28.5. The van der Waals surface area contributed by atoms with Gasteiger partial charge >= 0.3 is 42.8 Å². The molecule has 10 heteroatoms. The van der Waals surface area contributed by atoms with E-state index in [0.717, 1.165) is 0 Å². The second-order valence-corrected chi connectivity index (χ2v) is 51.3. The third-order valence-electron chi connectivity index (χ3n) is 11.3. The lowest BCUT2D eigenvalue weighted by molar-refractivity contribution is 0.117. The summed E-state index contributed by atoms with van der Waals surface area (Å²) < 4.78 is 42.7. The first-order chi connectivity index (χ1) is 21.0. The molecule has 0 atom stereocenters. The van der Waals surface area contributed by atoms with Crippen molar-refractivity contribution in [3.8, 4) is 0 Å². The quantitative estimate of drug-likeness (QED) is 0.229. The Morgan fingerprint density at radius 1 is 0.160 bits per heavy atom. The third-order valence-corrected chi connectivity index (χ3v) is 42.6. The second-order valence-electron chi connectivity index (χ2n) is 26.1. The second kappa shape index (κ2) is 13.0.